The Bertz CT molecular complexity index is 1870. The summed E-state index contributed by atoms with van der Waals surface area (Å²) in [4.78, 5) is 41.6. The number of nitrogen functional groups attached to an aromatic ring is 1. The molecule has 1 aliphatic rings. The number of amides is 3. The molecule has 5 N–H and O–H groups in total. The Morgan fingerprint density at radius 2 is 1.66 bits per heavy atom. The predicted molar refractivity (Wildman–Crippen MR) is 219 cm³/mol. The van der Waals surface area contributed by atoms with Gasteiger partial charge in [-0.05, 0) is 95.3 Å². The minimum atomic E-state index is -3.81. The minimum absolute atomic E-state index is 0.0647. The molecule has 0 saturated carbocycles. The third-order valence-corrected chi connectivity index (χ3v) is 11.9. The van der Waals surface area contributed by atoms with Crippen molar-refractivity contribution < 1.29 is 37.4 Å². The maximum atomic E-state index is 14.5. The Hall–Kier alpha value is -4.50. The number of nitrogens with zero attached hydrogens (tertiary/aromatic N) is 2. The molecule has 0 spiro atoms. The summed E-state index contributed by atoms with van der Waals surface area (Å²) in [6, 6.07) is 18.2. The fourth-order valence-electron chi connectivity index (χ4n) is 6.50. The first kappa shape index (κ1) is 44.2. The van der Waals surface area contributed by atoms with Crippen LogP contribution in [0.3, 0.4) is 0 Å². The zero-order valence-corrected chi connectivity index (χ0v) is 34.1. The number of rotatable bonds is 14. The van der Waals surface area contributed by atoms with Gasteiger partial charge in [0.05, 0.1) is 46.7 Å². The maximum absolute atomic E-state index is 14.5. The molecular formula is C42H59N5O8S. The first-order valence-corrected chi connectivity index (χ1v) is 20.9. The molecule has 3 aromatic rings. The molecule has 0 saturated heterocycles. The first-order chi connectivity index (χ1) is 26.7. The highest BCUT2D eigenvalue weighted by atomic mass is 32.2. The summed E-state index contributed by atoms with van der Waals surface area (Å²) in [5, 5.41) is 16.0. The molecule has 1 aliphatic heterocycles. The number of ether oxygens (including phenoxy) is 2. The standard InChI is InChI=1S/C42H59N5O8S/c1-29-18-21-34(22-19-29)56(52,53)46(5)27-39-30(2)26-47(31(3)28-48)42(51)35-25-33(20-23-38(35)55-32(4)13-11-12-24-54-39)44-40(49)16-7-6-8-17-41(50)45-37-15-10-9-14-36(37)43/h9-10,14-15,18-23,25,30-32,39,48H,6-8,11-13,16-17,24,26-28,43H2,1-5H3,(H,44,49)(H,45,50)/t30-,31+,32+,39+/m0/s1. The summed E-state index contributed by atoms with van der Waals surface area (Å²) in [7, 11) is -2.28. The van der Waals surface area contributed by atoms with Crippen LogP contribution in [-0.2, 0) is 24.3 Å². The number of unbranched alkanes of at least 4 members (excludes halogenated alkanes) is 2. The smallest absolute Gasteiger partial charge is 0.258 e. The Morgan fingerprint density at radius 3 is 2.34 bits per heavy atom. The number of hydrogen-bond acceptors (Lipinski definition) is 9. The van der Waals surface area contributed by atoms with Crippen LogP contribution in [0.1, 0.15) is 88.1 Å². The van der Waals surface area contributed by atoms with Gasteiger partial charge in [0.2, 0.25) is 21.8 Å². The molecule has 3 aromatic carbocycles. The molecule has 0 unspecified atom stereocenters. The molecule has 0 fully saturated rings. The second-order valence-electron chi connectivity index (χ2n) is 14.9. The molecule has 4 atom stereocenters. The van der Waals surface area contributed by atoms with Gasteiger partial charge in [-0.2, -0.15) is 4.31 Å². The van der Waals surface area contributed by atoms with Gasteiger partial charge in [0, 0.05) is 51.2 Å². The number of aliphatic hydroxyl groups is 1. The van der Waals surface area contributed by atoms with Gasteiger partial charge in [0.1, 0.15) is 5.75 Å². The highest BCUT2D eigenvalue weighted by Gasteiger charge is 2.32. The van der Waals surface area contributed by atoms with Gasteiger partial charge in [-0.3, -0.25) is 14.4 Å². The van der Waals surface area contributed by atoms with E-state index in [1.807, 2.05) is 20.8 Å². The monoisotopic (exact) mass is 793 g/mol. The molecule has 0 radical (unpaired) electrons. The van der Waals surface area contributed by atoms with Gasteiger partial charge < -0.3 is 35.8 Å². The van der Waals surface area contributed by atoms with Crippen LogP contribution in [0.15, 0.2) is 71.6 Å². The van der Waals surface area contributed by atoms with Gasteiger partial charge in [-0.25, -0.2) is 8.42 Å². The third-order valence-electron chi connectivity index (χ3n) is 10.0. The molecule has 14 heteroatoms. The number of hydrogen-bond donors (Lipinski definition) is 4. The molecule has 306 valence electrons. The topological polar surface area (TPSA) is 181 Å². The van der Waals surface area contributed by atoms with Crippen molar-refractivity contribution in [3.8, 4) is 5.75 Å². The zero-order chi connectivity index (χ0) is 40.8. The van der Waals surface area contributed by atoms with Gasteiger partial charge in [-0.15, -0.1) is 0 Å². The summed E-state index contributed by atoms with van der Waals surface area (Å²) in [5.41, 5.74) is 8.59. The van der Waals surface area contributed by atoms with E-state index >= 15 is 0 Å². The number of fused-ring (bicyclic) bond motifs is 1. The van der Waals surface area contributed by atoms with Crippen molar-refractivity contribution in [2.75, 3.05) is 49.7 Å². The number of likely N-dealkylation sites (N-methyl/N-ethyl adjacent to an activating group) is 1. The fourth-order valence-corrected chi connectivity index (χ4v) is 7.68. The number of carbonyl (C=O) groups excluding carboxylic acids is 3. The van der Waals surface area contributed by atoms with E-state index in [1.165, 1.54) is 11.4 Å². The zero-order valence-electron chi connectivity index (χ0n) is 33.3. The van der Waals surface area contributed by atoms with Crippen LogP contribution < -0.4 is 21.1 Å². The number of aryl methyl sites for hydroxylation is 1. The summed E-state index contributed by atoms with van der Waals surface area (Å²) >= 11 is 0. The van der Waals surface area contributed by atoms with E-state index < -0.39 is 28.1 Å². The van der Waals surface area contributed by atoms with Crippen LogP contribution >= 0.6 is 0 Å². The lowest BCUT2D eigenvalue weighted by Crippen LogP contribution is -2.48. The van der Waals surface area contributed by atoms with E-state index in [2.05, 4.69) is 10.6 Å². The van der Waals surface area contributed by atoms with Gasteiger partial charge in [-0.1, -0.05) is 43.2 Å². The van der Waals surface area contributed by atoms with Gasteiger partial charge in [0.25, 0.3) is 5.91 Å². The van der Waals surface area contributed by atoms with Gasteiger partial charge >= 0.3 is 0 Å². The Morgan fingerprint density at radius 1 is 0.982 bits per heavy atom. The van der Waals surface area contributed by atoms with Crippen molar-refractivity contribution in [3.05, 3.63) is 77.9 Å². The van der Waals surface area contributed by atoms with Crippen molar-refractivity contribution in [1.82, 2.24) is 9.21 Å². The molecule has 56 heavy (non-hydrogen) atoms. The number of benzene rings is 3. The maximum Gasteiger partial charge on any atom is 0.258 e. The molecule has 0 aromatic heterocycles. The van der Waals surface area contributed by atoms with E-state index in [-0.39, 0.29) is 60.4 Å². The lowest BCUT2D eigenvalue weighted by molar-refractivity contribution is -0.116. The number of carbonyl (C=O) groups is 3. The second kappa shape index (κ2) is 21.1. The van der Waals surface area contributed by atoms with Crippen LogP contribution in [0.5, 0.6) is 5.75 Å². The molecule has 1 heterocycles. The van der Waals surface area contributed by atoms with Crippen molar-refractivity contribution in [2.24, 2.45) is 5.92 Å². The molecule has 0 aliphatic carbocycles. The highest BCUT2D eigenvalue weighted by Crippen LogP contribution is 2.29. The number of aliphatic hydroxyl groups excluding tert-OH is 1. The SMILES string of the molecule is Cc1ccc(S(=O)(=O)N(C)C[C@H]2OCCCC[C@@H](C)Oc3ccc(NC(=O)CCCCCC(=O)Nc4ccccc4N)cc3C(=O)N([C@H](C)CO)C[C@@H]2C)cc1. The van der Waals surface area contributed by atoms with Crippen LogP contribution in [-0.4, -0.2) is 92.1 Å². The van der Waals surface area contributed by atoms with E-state index in [1.54, 1.807) is 78.6 Å². The number of nitrogens with two attached hydrogens (primary N) is 1. The lowest BCUT2D eigenvalue weighted by atomic mass is 10.0. The fraction of sp³-hybridized carbons (Fsp3) is 0.500. The van der Waals surface area contributed by atoms with Crippen LogP contribution in [0.2, 0.25) is 0 Å². The summed E-state index contributed by atoms with van der Waals surface area (Å²) in [5.74, 6) is -0.733. The lowest BCUT2D eigenvalue weighted by Gasteiger charge is -2.35. The molecular weight excluding hydrogens is 735 g/mol. The third kappa shape index (κ3) is 12.8. The predicted octanol–water partition coefficient (Wildman–Crippen LogP) is 6.22. The Balaban J connectivity index is 1.46. The number of sulfonamides is 1. The normalized spacial score (nSPS) is 19.0. The molecule has 0 bridgehead atoms. The minimum Gasteiger partial charge on any atom is -0.490 e. The average Bonchev–Trinajstić information content (AvgIpc) is 3.16. The summed E-state index contributed by atoms with van der Waals surface area (Å²) in [6.45, 7) is 7.80. The highest BCUT2D eigenvalue weighted by molar-refractivity contribution is 7.89. The number of nitrogens with one attached hydrogen (secondary N) is 2. The molecule has 4 rings (SSSR count). The molecule has 3 amide bonds. The van der Waals surface area contributed by atoms with E-state index in [9.17, 15) is 27.9 Å². The average molecular weight is 794 g/mol. The van der Waals surface area contributed by atoms with E-state index in [4.69, 9.17) is 15.2 Å². The second-order valence-corrected chi connectivity index (χ2v) is 16.9. The van der Waals surface area contributed by atoms with Crippen molar-refractivity contribution >= 4 is 44.8 Å². The van der Waals surface area contributed by atoms with Crippen LogP contribution in [0, 0.1) is 12.8 Å². The first-order valence-electron chi connectivity index (χ1n) is 19.5. The van der Waals surface area contributed by atoms with Gasteiger partial charge in [0.15, 0.2) is 0 Å². The van der Waals surface area contributed by atoms with Crippen molar-refractivity contribution in [2.45, 2.75) is 102 Å². The van der Waals surface area contributed by atoms with E-state index in [0.29, 0.717) is 61.5 Å². The summed E-state index contributed by atoms with van der Waals surface area (Å²) < 4.78 is 41.0. The number of anilines is 3. The number of para-hydroxylation sites is 2. The van der Waals surface area contributed by atoms with E-state index in [0.717, 1.165) is 18.4 Å². The Kier molecular flexibility index (Phi) is 16.7. The van der Waals surface area contributed by atoms with Crippen LogP contribution in [0.25, 0.3) is 0 Å². The van der Waals surface area contributed by atoms with Crippen LogP contribution in [0.4, 0.5) is 17.1 Å². The summed E-state index contributed by atoms with van der Waals surface area (Å²) in [6.07, 6.45) is 3.80. The van der Waals surface area contributed by atoms with Crippen molar-refractivity contribution in [1.29, 1.82) is 0 Å². The molecule has 13 nitrogen and oxygen atoms in total. The largest absolute Gasteiger partial charge is 0.490 e. The quantitative estimate of drug-likeness (QED) is 0.109. The Labute approximate surface area is 332 Å². The van der Waals surface area contributed by atoms with Crippen molar-refractivity contribution in [3.63, 3.8) is 0 Å².